The van der Waals surface area contributed by atoms with Crippen LogP contribution < -0.4 is 0 Å². The molecule has 0 unspecified atom stereocenters. The fourth-order valence-electron chi connectivity index (χ4n) is 1.74. The Bertz CT molecular complexity index is 514. The van der Waals surface area contributed by atoms with Crippen LogP contribution in [-0.2, 0) is 9.47 Å². The maximum Gasteiger partial charge on any atom is 0.338 e. The van der Waals surface area contributed by atoms with Gasteiger partial charge in [-0.1, -0.05) is 26.8 Å². The Morgan fingerprint density at radius 1 is 1.14 bits per heavy atom. The summed E-state index contributed by atoms with van der Waals surface area (Å²) in [7, 11) is 0. The maximum atomic E-state index is 11.9. The molecule has 0 aromatic heterocycles. The molecule has 5 heteroatoms. The van der Waals surface area contributed by atoms with E-state index in [2.05, 4.69) is 20.8 Å². The Labute approximate surface area is 124 Å². The van der Waals surface area contributed by atoms with Crippen LogP contribution in [0.2, 0.25) is 0 Å². The summed E-state index contributed by atoms with van der Waals surface area (Å²) in [5.74, 6) is -1.59. The lowest BCUT2D eigenvalue weighted by atomic mass is 9.99. The van der Waals surface area contributed by atoms with Crippen molar-refractivity contribution in [1.82, 2.24) is 0 Å². The molecule has 1 N–H and O–H groups in total. The second kappa shape index (κ2) is 7.22. The van der Waals surface area contributed by atoms with Crippen molar-refractivity contribution in [2.45, 2.75) is 27.7 Å². The van der Waals surface area contributed by atoms with E-state index in [9.17, 15) is 9.59 Å². The standard InChI is InChI=1S/C16H22O5/c1-11-12(14(17)18)6-5-7-13(11)15(19)21-9-8-20-10-16(2,3)4/h5-7H,8-10H2,1-4H3,(H,17,18). The second-order valence-corrected chi connectivity index (χ2v) is 6.03. The lowest BCUT2D eigenvalue weighted by Crippen LogP contribution is -2.18. The molecule has 5 nitrogen and oxygen atoms in total. The van der Waals surface area contributed by atoms with Crippen molar-refractivity contribution < 1.29 is 24.2 Å². The quantitative estimate of drug-likeness (QED) is 0.645. The van der Waals surface area contributed by atoms with Crippen molar-refractivity contribution in [2.75, 3.05) is 19.8 Å². The molecule has 1 rings (SSSR count). The van der Waals surface area contributed by atoms with Gasteiger partial charge in [0.05, 0.1) is 24.3 Å². The molecular formula is C16H22O5. The predicted octanol–water partition coefficient (Wildman–Crippen LogP) is 2.91. The monoisotopic (exact) mass is 294 g/mol. The Kier molecular flexibility index (Phi) is 5.90. The summed E-state index contributed by atoms with van der Waals surface area (Å²) >= 11 is 0. The van der Waals surface area contributed by atoms with Gasteiger partial charge in [0.1, 0.15) is 6.61 Å². The highest BCUT2D eigenvalue weighted by Gasteiger charge is 2.16. The van der Waals surface area contributed by atoms with Crippen molar-refractivity contribution in [1.29, 1.82) is 0 Å². The molecule has 21 heavy (non-hydrogen) atoms. The molecule has 116 valence electrons. The van der Waals surface area contributed by atoms with Crippen LogP contribution in [0.3, 0.4) is 0 Å². The predicted molar refractivity (Wildman–Crippen MR) is 78.7 cm³/mol. The van der Waals surface area contributed by atoms with Crippen LogP contribution in [-0.4, -0.2) is 36.9 Å². The summed E-state index contributed by atoms with van der Waals surface area (Å²) in [6.07, 6.45) is 0. The number of hydrogen-bond acceptors (Lipinski definition) is 4. The van der Waals surface area contributed by atoms with E-state index in [1.807, 2.05) is 0 Å². The first kappa shape index (κ1) is 17.2. The number of benzene rings is 1. The van der Waals surface area contributed by atoms with Crippen LogP contribution >= 0.6 is 0 Å². The average Bonchev–Trinajstić information content (AvgIpc) is 2.36. The van der Waals surface area contributed by atoms with Gasteiger partial charge in [0.25, 0.3) is 0 Å². The lowest BCUT2D eigenvalue weighted by Gasteiger charge is -2.17. The molecular weight excluding hydrogens is 272 g/mol. The zero-order valence-corrected chi connectivity index (χ0v) is 12.9. The van der Waals surface area contributed by atoms with Gasteiger partial charge in [0.2, 0.25) is 0 Å². The van der Waals surface area contributed by atoms with Gasteiger partial charge >= 0.3 is 11.9 Å². The third kappa shape index (κ3) is 5.55. The number of esters is 1. The van der Waals surface area contributed by atoms with Gasteiger partial charge in [-0.25, -0.2) is 9.59 Å². The third-order valence-corrected chi connectivity index (χ3v) is 2.78. The van der Waals surface area contributed by atoms with Gasteiger partial charge in [-0.15, -0.1) is 0 Å². The molecule has 0 heterocycles. The van der Waals surface area contributed by atoms with E-state index in [0.29, 0.717) is 18.8 Å². The summed E-state index contributed by atoms with van der Waals surface area (Å²) in [6, 6.07) is 4.55. The van der Waals surface area contributed by atoms with E-state index < -0.39 is 11.9 Å². The van der Waals surface area contributed by atoms with E-state index in [4.69, 9.17) is 14.6 Å². The summed E-state index contributed by atoms with van der Waals surface area (Å²) < 4.78 is 10.5. The average molecular weight is 294 g/mol. The Balaban J connectivity index is 2.53. The van der Waals surface area contributed by atoms with Crippen LogP contribution in [0.25, 0.3) is 0 Å². The minimum absolute atomic E-state index is 0.0659. The van der Waals surface area contributed by atoms with Crippen LogP contribution in [0, 0.1) is 12.3 Å². The largest absolute Gasteiger partial charge is 0.478 e. The molecule has 1 aromatic carbocycles. The zero-order chi connectivity index (χ0) is 16.0. The van der Waals surface area contributed by atoms with E-state index in [1.165, 1.54) is 12.1 Å². The number of hydrogen-bond donors (Lipinski definition) is 1. The Hall–Kier alpha value is -1.88. The van der Waals surface area contributed by atoms with Crippen molar-refractivity contribution in [3.63, 3.8) is 0 Å². The van der Waals surface area contributed by atoms with E-state index >= 15 is 0 Å². The van der Waals surface area contributed by atoms with Gasteiger partial charge in [-0.2, -0.15) is 0 Å². The molecule has 0 spiro atoms. The van der Waals surface area contributed by atoms with E-state index in [-0.39, 0.29) is 23.1 Å². The Morgan fingerprint density at radius 2 is 1.76 bits per heavy atom. The number of carbonyl (C=O) groups is 2. The first-order chi connectivity index (χ1) is 9.72. The maximum absolute atomic E-state index is 11.9. The highest BCUT2D eigenvalue weighted by Crippen LogP contribution is 2.15. The second-order valence-electron chi connectivity index (χ2n) is 6.03. The van der Waals surface area contributed by atoms with Gasteiger partial charge in [0, 0.05) is 0 Å². The number of ether oxygens (including phenoxy) is 2. The van der Waals surface area contributed by atoms with Crippen LogP contribution in [0.1, 0.15) is 47.1 Å². The van der Waals surface area contributed by atoms with Crippen molar-refractivity contribution >= 4 is 11.9 Å². The molecule has 1 aromatic rings. The Morgan fingerprint density at radius 3 is 2.33 bits per heavy atom. The van der Waals surface area contributed by atoms with Crippen molar-refractivity contribution in [2.24, 2.45) is 5.41 Å². The molecule has 0 atom stereocenters. The fraction of sp³-hybridized carbons (Fsp3) is 0.500. The SMILES string of the molecule is Cc1c(C(=O)O)cccc1C(=O)OCCOCC(C)(C)C. The van der Waals surface area contributed by atoms with Gasteiger partial charge in [0.15, 0.2) is 0 Å². The molecule has 0 saturated carbocycles. The first-order valence-electron chi connectivity index (χ1n) is 6.80. The molecule has 0 amide bonds. The number of carboxylic acid groups (broad SMARTS) is 1. The van der Waals surface area contributed by atoms with Crippen molar-refractivity contribution in [3.8, 4) is 0 Å². The minimum Gasteiger partial charge on any atom is -0.478 e. The van der Waals surface area contributed by atoms with Gasteiger partial charge in [-0.3, -0.25) is 0 Å². The van der Waals surface area contributed by atoms with Crippen molar-refractivity contribution in [3.05, 3.63) is 34.9 Å². The zero-order valence-electron chi connectivity index (χ0n) is 12.9. The topological polar surface area (TPSA) is 72.8 Å². The number of carboxylic acids is 1. The molecule has 0 bridgehead atoms. The van der Waals surface area contributed by atoms with Crippen LogP contribution in [0.5, 0.6) is 0 Å². The minimum atomic E-state index is -1.06. The molecule has 0 radical (unpaired) electrons. The molecule has 0 aliphatic rings. The fourth-order valence-corrected chi connectivity index (χ4v) is 1.74. The number of aromatic carboxylic acids is 1. The molecule has 0 saturated heterocycles. The summed E-state index contributed by atoms with van der Waals surface area (Å²) in [5.41, 5.74) is 0.848. The highest BCUT2D eigenvalue weighted by molar-refractivity contribution is 5.97. The van der Waals surface area contributed by atoms with Crippen LogP contribution in [0.4, 0.5) is 0 Å². The summed E-state index contributed by atoms with van der Waals surface area (Å²) in [5, 5.41) is 9.02. The smallest absolute Gasteiger partial charge is 0.338 e. The molecule has 0 fully saturated rings. The van der Waals surface area contributed by atoms with Gasteiger partial charge < -0.3 is 14.6 Å². The summed E-state index contributed by atoms with van der Waals surface area (Å²) in [6.45, 7) is 8.81. The first-order valence-corrected chi connectivity index (χ1v) is 6.80. The van der Waals surface area contributed by atoms with Gasteiger partial charge in [-0.05, 0) is 30.0 Å². The number of rotatable bonds is 6. The molecule has 0 aliphatic heterocycles. The summed E-state index contributed by atoms with van der Waals surface area (Å²) in [4.78, 5) is 22.9. The van der Waals surface area contributed by atoms with E-state index in [0.717, 1.165) is 0 Å². The normalized spacial score (nSPS) is 11.2. The van der Waals surface area contributed by atoms with E-state index in [1.54, 1.807) is 13.0 Å². The van der Waals surface area contributed by atoms with Crippen LogP contribution in [0.15, 0.2) is 18.2 Å². The number of carbonyl (C=O) groups excluding carboxylic acids is 1. The third-order valence-electron chi connectivity index (χ3n) is 2.78. The highest BCUT2D eigenvalue weighted by atomic mass is 16.6. The molecule has 0 aliphatic carbocycles. The lowest BCUT2D eigenvalue weighted by molar-refractivity contribution is 0.0179.